The molecule has 0 saturated heterocycles. The van der Waals surface area contributed by atoms with Crippen LogP contribution in [0.5, 0.6) is 5.75 Å². The van der Waals surface area contributed by atoms with Gasteiger partial charge in [0, 0.05) is 6.42 Å². The van der Waals surface area contributed by atoms with Gasteiger partial charge in [0.05, 0.1) is 5.71 Å². The van der Waals surface area contributed by atoms with Crippen molar-refractivity contribution in [3.63, 3.8) is 0 Å². The number of nitrogens with zero attached hydrogens (tertiary/aromatic N) is 1. The van der Waals surface area contributed by atoms with E-state index in [1.807, 2.05) is 0 Å². The van der Waals surface area contributed by atoms with Crippen molar-refractivity contribution in [2.24, 2.45) is 11.1 Å². The van der Waals surface area contributed by atoms with Crippen LogP contribution in [0.15, 0.2) is 29.4 Å². The van der Waals surface area contributed by atoms with Gasteiger partial charge in [0.15, 0.2) is 5.75 Å². The Bertz CT molecular complexity index is 569. The van der Waals surface area contributed by atoms with Crippen LogP contribution in [-0.2, 0) is 11.0 Å². The van der Waals surface area contributed by atoms with E-state index in [0.717, 1.165) is 18.9 Å². The molecular weight excluding hydrogens is 299 g/mol. The number of hydrogen-bond acceptors (Lipinski definition) is 3. The van der Waals surface area contributed by atoms with Crippen LogP contribution in [0.3, 0.4) is 0 Å². The zero-order chi connectivity index (χ0) is 16.2. The molecule has 1 aromatic carbocycles. The summed E-state index contributed by atoms with van der Waals surface area (Å²) in [4.78, 5) is 15.7. The zero-order valence-electron chi connectivity index (χ0n) is 11.8. The van der Waals surface area contributed by atoms with E-state index in [4.69, 9.17) is 9.94 Å². The lowest BCUT2D eigenvalue weighted by atomic mass is 9.86. The minimum absolute atomic E-state index is 0.0357. The Morgan fingerprint density at radius 1 is 1.36 bits per heavy atom. The summed E-state index contributed by atoms with van der Waals surface area (Å²) in [5, 5.41) is 12.6. The molecule has 0 amide bonds. The van der Waals surface area contributed by atoms with Crippen LogP contribution in [0, 0.1) is 5.92 Å². The van der Waals surface area contributed by atoms with Crippen LogP contribution in [0.1, 0.15) is 37.7 Å². The number of alkyl halides is 3. The first kappa shape index (κ1) is 16.3. The van der Waals surface area contributed by atoms with Gasteiger partial charge in [-0.05, 0) is 43.7 Å². The van der Waals surface area contributed by atoms with E-state index in [9.17, 15) is 18.0 Å². The normalized spacial score (nSPS) is 20.9. The van der Waals surface area contributed by atoms with Crippen molar-refractivity contribution >= 4 is 11.7 Å². The fourth-order valence-corrected chi connectivity index (χ4v) is 2.53. The van der Waals surface area contributed by atoms with Crippen molar-refractivity contribution in [1.29, 1.82) is 0 Å². The molecule has 0 bridgehead atoms. The van der Waals surface area contributed by atoms with Crippen molar-refractivity contribution in [2.45, 2.75) is 38.3 Å². The molecule has 7 heteroatoms. The van der Waals surface area contributed by atoms with Crippen molar-refractivity contribution < 1.29 is 27.9 Å². The Labute approximate surface area is 125 Å². The average Bonchev–Trinajstić information content (AvgIpc) is 2.44. The number of aliphatic carboxylic acids is 1. The smallest absolute Gasteiger partial charge is 0.420 e. The van der Waals surface area contributed by atoms with Gasteiger partial charge in [-0.3, -0.25) is 4.79 Å². The highest BCUT2D eigenvalue weighted by Crippen LogP contribution is 2.36. The predicted octanol–water partition coefficient (Wildman–Crippen LogP) is 4.11. The number of benzene rings is 1. The van der Waals surface area contributed by atoms with E-state index in [2.05, 4.69) is 5.16 Å². The molecule has 1 aliphatic rings. The minimum atomic E-state index is -4.50. The SMILES string of the molecule is O=C(O)CC1CCCC(=NOc2ccccc2C(F)(F)F)C1. The lowest BCUT2D eigenvalue weighted by molar-refractivity contribution is -0.139. The van der Waals surface area contributed by atoms with Crippen molar-refractivity contribution in [3.8, 4) is 5.75 Å². The van der Waals surface area contributed by atoms with E-state index in [1.54, 1.807) is 0 Å². The quantitative estimate of drug-likeness (QED) is 0.851. The highest BCUT2D eigenvalue weighted by Gasteiger charge is 2.34. The molecule has 1 saturated carbocycles. The monoisotopic (exact) mass is 315 g/mol. The molecule has 1 unspecified atom stereocenters. The molecule has 0 heterocycles. The number of carboxylic acid groups (broad SMARTS) is 1. The fourth-order valence-electron chi connectivity index (χ4n) is 2.53. The van der Waals surface area contributed by atoms with Crippen LogP contribution in [-0.4, -0.2) is 16.8 Å². The van der Waals surface area contributed by atoms with E-state index in [0.29, 0.717) is 18.6 Å². The third-order valence-corrected chi connectivity index (χ3v) is 3.53. The predicted molar refractivity (Wildman–Crippen MR) is 73.7 cm³/mol. The van der Waals surface area contributed by atoms with E-state index in [-0.39, 0.29) is 18.1 Å². The Morgan fingerprint density at radius 2 is 2.09 bits per heavy atom. The molecular formula is C15H16F3NO3. The molecule has 1 aliphatic carbocycles. The number of para-hydroxylation sites is 1. The summed E-state index contributed by atoms with van der Waals surface area (Å²) < 4.78 is 38.5. The maximum atomic E-state index is 12.8. The number of rotatable bonds is 4. The van der Waals surface area contributed by atoms with E-state index >= 15 is 0 Å². The van der Waals surface area contributed by atoms with Crippen LogP contribution < -0.4 is 4.84 Å². The molecule has 1 fully saturated rings. The van der Waals surface area contributed by atoms with Crippen LogP contribution in [0.2, 0.25) is 0 Å². The van der Waals surface area contributed by atoms with Gasteiger partial charge in [-0.25, -0.2) is 0 Å². The summed E-state index contributed by atoms with van der Waals surface area (Å²) in [6.07, 6.45) is -1.86. The third kappa shape index (κ3) is 4.47. The lowest BCUT2D eigenvalue weighted by Gasteiger charge is -2.21. The standard InChI is InChI=1S/C15H16F3NO3/c16-15(17,18)12-6-1-2-7-13(12)22-19-11-5-3-4-10(8-11)9-14(20)21/h1-2,6-7,10H,3-5,8-9H2,(H,20,21). The molecule has 1 aromatic rings. The molecule has 1 N–H and O–H groups in total. The van der Waals surface area contributed by atoms with Crippen LogP contribution >= 0.6 is 0 Å². The molecule has 22 heavy (non-hydrogen) atoms. The fraction of sp³-hybridized carbons (Fsp3) is 0.467. The second kappa shape index (κ2) is 6.81. The molecule has 0 radical (unpaired) electrons. The zero-order valence-corrected chi connectivity index (χ0v) is 11.8. The van der Waals surface area contributed by atoms with Crippen LogP contribution in [0.25, 0.3) is 0 Å². The van der Waals surface area contributed by atoms with Crippen LogP contribution in [0.4, 0.5) is 13.2 Å². The lowest BCUT2D eigenvalue weighted by Crippen LogP contribution is -2.19. The van der Waals surface area contributed by atoms with Gasteiger partial charge in [-0.2, -0.15) is 13.2 Å². The van der Waals surface area contributed by atoms with Crippen molar-refractivity contribution in [2.75, 3.05) is 0 Å². The van der Waals surface area contributed by atoms with Gasteiger partial charge in [0.25, 0.3) is 0 Å². The summed E-state index contributed by atoms with van der Waals surface area (Å²) in [5.74, 6) is -1.26. The number of hydrogen-bond donors (Lipinski definition) is 1. The Balaban J connectivity index is 2.07. The van der Waals surface area contributed by atoms with Gasteiger partial charge < -0.3 is 9.94 Å². The van der Waals surface area contributed by atoms with Crippen molar-refractivity contribution in [1.82, 2.24) is 0 Å². The highest BCUT2D eigenvalue weighted by atomic mass is 19.4. The molecule has 120 valence electrons. The second-order valence-electron chi connectivity index (χ2n) is 5.30. The topological polar surface area (TPSA) is 58.9 Å². The summed E-state index contributed by atoms with van der Waals surface area (Å²) in [7, 11) is 0. The number of carboxylic acids is 1. The largest absolute Gasteiger partial charge is 0.481 e. The third-order valence-electron chi connectivity index (χ3n) is 3.53. The minimum Gasteiger partial charge on any atom is -0.481 e. The molecule has 0 spiro atoms. The highest BCUT2D eigenvalue weighted by molar-refractivity contribution is 5.85. The van der Waals surface area contributed by atoms with Crippen molar-refractivity contribution in [3.05, 3.63) is 29.8 Å². The summed E-state index contributed by atoms with van der Waals surface area (Å²) in [6.45, 7) is 0. The summed E-state index contributed by atoms with van der Waals surface area (Å²) in [6, 6.07) is 4.87. The Morgan fingerprint density at radius 3 is 2.77 bits per heavy atom. The summed E-state index contributed by atoms with van der Waals surface area (Å²) in [5.41, 5.74) is -0.272. The van der Waals surface area contributed by atoms with E-state index < -0.39 is 17.7 Å². The molecule has 0 aromatic heterocycles. The first-order valence-electron chi connectivity index (χ1n) is 6.97. The molecule has 2 rings (SSSR count). The molecule has 1 atom stereocenters. The van der Waals surface area contributed by atoms with Gasteiger partial charge in [-0.15, -0.1) is 0 Å². The number of halogens is 3. The number of carbonyl (C=O) groups is 1. The molecule has 4 nitrogen and oxygen atoms in total. The summed E-state index contributed by atoms with van der Waals surface area (Å²) >= 11 is 0. The van der Waals surface area contributed by atoms with Gasteiger partial charge in [0.1, 0.15) is 5.56 Å². The van der Waals surface area contributed by atoms with Gasteiger partial charge >= 0.3 is 12.1 Å². The average molecular weight is 315 g/mol. The maximum Gasteiger partial charge on any atom is 0.420 e. The first-order valence-corrected chi connectivity index (χ1v) is 6.97. The Kier molecular flexibility index (Phi) is 5.05. The molecule has 0 aliphatic heterocycles. The van der Waals surface area contributed by atoms with Gasteiger partial charge in [0.2, 0.25) is 0 Å². The second-order valence-corrected chi connectivity index (χ2v) is 5.30. The maximum absolute atomic E-state index is 12.8. The Hall–Kier alpha value is -2.05. The number of oxime groups is 1. The first-order chi connectivity index (χ1) is 10.4. The van der Waals surface area contributed by atoms with Gasteiger partial charge in [-0.1, -0.05) is 17.3 Å². The van der Waals surface area contributed by atoms with E-state index in [1.165, 1.54) is 18.2 Å².